The molecule has 0 aliphatic rings. The van der Waals surface area contributed by atoms with Crippen molar-refractivity contribution in [3.63, 3.8) is 0 Å². The lowest BCUT2D eigenvalue weighted by molar-refractivity contribution is 0.745. The standard InChI is InChI=1S/C80H56N2/c1-7-30-59(31-8-1)79(60-32-9-2-10-33-60,61-34-11-3-12-35-61)65-42-25-28-57(54-65)68-47-27-48-69(58-29-26-43-66(55-58)80(62-36-13-4-14-37-62,63-38-15-5-16-39-63)64-40-17-6-18-41-64)78(68)82-76-51-24-21-46-72(76)73-56-67(52-53-77(73)82)81-74-49-22-19-44-70(74)71-45-20-23-50-75(71)81/h1-56H. The van der Waals surface area contributed by atoms with Crippen molar-refractivity contribution in [1.82, 2.24) is 9.13 Å². The van der Waals surface area contributed by atoms with Crippen LogP contribution in [0.1, 0.15) is 44.5 Å². The van der Waals surface area contributed by atoms with Gasteiger partial charge in [-0.1, -0.05) is 291 Å². The maximum atomic E-state index is 2.56. The number of rotatable bonds is 12. The first-order valence-corrected chi connectivity index (χ1v) is 28.4. The topological polar surface area (TPSA) is 9.86 Å². The fraction of sp³-hybridized carbons (Fsp3) is 0.0250. The summed E-state index contributed by atoms with van der Waals surface area (Å²) in [6.07, 6.45) is 0. The van der Waals surface area contributed by atoms with Crippen molar-refractivity contribution in [3.8, 4) is 33.6 Å². The second kappa shape index (κ2) is 20.3. The summed E-state index contributed by atoms with van der Waals surface area (Å²) < 4.78 is 4.99. The molecule has 2 heterocycles. The number of fused-ring (bicyclic) bond motifs is 6. The molecule has 15 aromatic rings. The molecular formula is C80H56N2. The third kappa shape index (κ3) is 7.71. The zero-order valence-corrected chi connectivity index (χ0v) is 45.2. The Morgan fingerprint density at radius 3 is 0.866 bits per heavy atom. The highest BCUT2D eigenvalue weighted by atomic mass is 15.0. The lowest BCUT2D eigenvalue weighted by atomic mass is 9.64. The first-order chi connectivity index (χ1) is 40.7. The average Bonchev–Trinajstić information content (AvgIpc) is 4.27. The fourth-order valence-corrected chi connectivity index (χ4v) is 13.8. The Bertz CT molecular complexity index is 4340. The molecule has 0 saturated heterocycles. The second-order valence-corrected chi connectivity index (χ2v) is 21.5. The highest BCUT2D eigenvalue weighted by molar-refractivity contribution is 6.13. The molecule has 15 rings (SSSR count). The minimum Gasteiger partial charge on any atom is -0.309 e. The lowest BCUT2D eigenvalue weighted by Gasteiger charge is -2.37. The Kier molecular flexibility index (Phi) is 12.0. The van der Waals surface area contributed by atoms with Crippen LogP contribution in [0.4, 0.5) is 0 Å². The number of nitrogens with zero attached hydrogens (tertiary/aromatic N) is 2. The van der Waals surface area contributed by atoms with Crippen molar-refractivity contribution < 1.29 is 0 Å². The van der Waals surface area contributed by atoms with Gasteiger partial charge in [0.15, 0.2) is 0 Å². The fourth-order valence-electron chi connectivity index (χ4n) is 13.8. The highest BCUT2D eigenvalue weighted by Gasteiger charge is 2.40. The van der Waals surface area contributed by atoms with Crippen molar-refractivity contribution in [1.29, 1.82) is 0 Å². The van der Waals surface area contributed by atoms with E-state index in [1.807, 2.05) is 0 Å². The van der Waals surface area contributed by atoms with Crippen molar-refractivity contribution in [3.05, 3.63) is 384 Å². The normalized spacial score (nSPS) is 11.9. The van der Waals surface area contributed by atoms with Crippen LogP contribution >= 0.6 is 0 Å². The van der Waals surface area contributed by atoms with Crippen LogP contribution < -0.4 is 0 Å². The van der Waals surface area contributed by atoms with E-state index in [9.17, 15) is 0 Å². The molecule has 0 unspecified atom stereocenters. The Morgan fingerprint density at radius 2 is 0.488 bits per heavy atom. The molecule has 2 aromatic heterocycles. The van der Waals surface area contributed by atoms with Crippen LogP contribution in [-0.4, -0.2) is 9.13 Å². The zero-order chi connectivity index (χ0) is 54.5. The zero-order valence-electron chi connectivity index (χ0n) is 45.2. The predicted molar refractivity (Wildman–Crippen MR) is 343 cm³/mol. The number of hydrogen-bond acceptors (Lipinski definition) is 0. The van der Waals surface area contributed by atoms with Gasteiger partial charge in [-0.05, 0) is 104 Å². The summed E-state index contributed by atoms with van der Waals surface area (Å²) in [4.78, 5) is 0. The van der Waals surface area contributed by atoms with E-state index in [1.54, 1.807) is 0 Å². The number of hydrogen-bond donors (Lipinski definition) is 0. The molecule has 0 amide bonds. The van der Waals surface area contributed by atoms with E-state index in [0.29, 0.717) is 0 Å². The van der Waals surface area contributed by atoms with Crippen LogP contribution in [-0.2, 0) is 10.8 Å². The Labute approximate surface area is 478 Å². The predicted octanol–water partition coefficient (Wildman–Crippen LogP) is 20.0. The molecule has 2 heteroatoms. The first kappa shape index (κ1) is 48.6. The van der Waals surface area contributed by atoms with E-state index in [2.05, 4.69) is 349 Å². The van der Waals surface area contributed by atoms with Crippen molar-refractivity contribution in [2.24, 2.45) is 0 Å². The van der Waals surface area contributed by atoms with E-state index in [4.69, 9.17) is 0 Å². The molecule has 0 saturated carbocycles. The van der Waals surface area contributed by atoms with Gasteiger partial charge in [0.05, 0.1) is 38.6 Å². The van der Waals surface area contributed by atoms with Crippen molar-refractivity contribution >= 4 is 43.6 Å². The Morgan fingerprint density at radius 1 is 0.195 bits per heavy atom. The quantitative estimate of drug-likeness (QED) is 0.108. The van der Waals surface area contributed by atoms with Crippen LogP contribution in [0.3, 0.4) is 0 Å². The van der Waals surface area contributed by atoms with Crippen LogP contribution in [0, 0.1) is 0 Å². The highest BCUT2D eigenvalue weighted by Crippen LogP contribution is 2.50. The van der Waals surface area contributed by atoms with Gasteiger partial charge in [0.2, 0.25) is 0 Å². The molecule has 0 atom stereocenters. The van der Waals surface area contributed by atoms with Gasteiger partial charge in [0, 0.05) is 38.4 Å². The molecule has 386 valence electrons. The van der Waals surface area contributed by atoms with Crippen molar-refractivity contribution in [2.45, 2.75) is 10.8 Å². The maximum absolute atomic E-state index is 2.56. The van der Waals surface area contributed by atoms with Crippen molar-refractivity contribution in [2.75, 3.05) is 0 Å². The minimum absolute atomic E-state index is 0.641. The molecule has 0 aliphatic heterocycles. The monoisotopic (exact) mass is 1040 g/mol. The van der Waals surface area contributed by atoms with Crippen LogP contribution in [0.15, 0.2) is 340 Å². The average molecular weight is 1050 g/mol. The van der Waals surface area contributed by atoms with E-state index in [0.717, 1.165) is 44.7 Å². The number of benzene rings is 13. The van der Waals surface area contributed by atoms with Gasteiger partial charge in [-0.15, -0.1) is 0 Å². The summed E-state index contributed by atoms with van der Waals surface area (Å²) in [6.45, 7) is 0. The number of para-hydroxylation sites is 4. The summed E-state index contributed by atoms with van der Waals surface area (Å²) in [7, 11) is 0. The molecule has 0 spiro atoms. The molecule has 2 nitrogen and oxygen atoms in total. The molecule has 0 N–H and O–H groups in total. The van der Waals surface area contributed by atoms with Gasteiger partial charge in [-0.2, -0.15) is 0 Å². The largest absolute Gasteiger partial charge is 0.309 e. The summed E-state index contributed by atoms with van der Waals surface area (Å²) in [5.74, 6) is 0. The molecular weight excluding hydrogens is 989 g/mol. The van der Waals surface area contributed by atoms with Gasteiger partial charge >= 0.3 is 0 Å². The summed E-state index contributed by atoms with van der Waals surface area (Å²) in [5.41, 5.74) is 19.7. The van der Waals surface area contributed by atoms with Crippen LogP contribution in [0.25, 0.3) is 77.2 Å². The SMILES string of the molecule is c1ccc(C(c2ccccc2)(c2ccccc2)c2cccc(-c3cccc(-c4cccc(C(c5ccccc5)(c5ccccc5)c5ccccc5)c4)c3-n3c4ccccc4c4cc(-n5c6ccccc6c6ccccc65)ccc43)c2)cc1. The Hall–Kier alpha value is -10.5. The summed E-state index contributed by atoms with van der Waals surface area (Å²) in [5, 5.41) is 4.87. The molecule has 0 bridgehead atoms. The summed E-state index contributed by atoms with van der Waals surface area (Å²) in [6, 6.07) is 126. The van der Waals surface area contributed by atoms with E-state index < -0.39 is 10.8 Å². The van der Waals surface area contributed by atoms with E-state index in [1.165, 1.54) is 77.1 Å². The first-order valence-electron chi connectivity index (χ1n) is 28.4. The van der Waals surface area contributed by atoms with Gasteiger partial charge in [-0.25, -0.2) is 0 Å². The second-order valence-electron chi connectivity index (χ2n) is 21.5. The van der Waals surface area contributed by atoms with Gasteiger partial charge in [0.25, 0.3) is 0 Å². The lowest BCUT2D eigenvalue weighted by Crippen LogP contribution is -2.31. The minimum atomic E-state index is -0.641. The summed E-state index contributed by atoms with van der Waals surface area (Å²) >= 11 is 0. The third-order valence-corrected chi connectivity index (χ3v) is 17.2. The maximum Gasteiger partial charge on any atom is 0.0701 e. The third-order valence-electron chi connectivity index (χ3n) is 17.2. The molecule has 0 radical (unpaired) electrons. The van der Waals surface area contributed by atoms with Gasteiger partial charge in [-0.3, -0.25) is 0 Å². The van der Waals surface area contributed by atoms with E-state index >= 15 is 0 Å². The molecule has 82 heavy (non-hydrogen) atoms. The molecule has 0 aliphatic carbocycles. The van der Waals surface area contributed by atoms with Crippen LogP contribution in [0.2, 0.25) is 0 Å². The molecule has 0 fully saturated rings. The molecule has 13 aromatic carbocycles. The van der Waals surface area contributed by atoms with E-state index in [-0.39, 0.29) is 0 Å². The number of aromatic nitrogens is 2. The van der Waals surface area contributed by atoms with Crippen LogP contribution in [0.5, 0.6) is 0 Å². The Balaban J connectivity index is 1.03. The van der Waals surface area contributed by atoms with Gasteiger partial charge in [0.1, 0.15) is 0 Å². The van der Waals surface area contributed by atoms with Gasteiger partial charge < -0.3 is 9.13 Å². The smallest absolute Gasteiger partial charge is 0.0701 e.